The minimum atomic E-state index is 0.0295. The van der Waals surface area contributed by atoms with Gasteiger partial charge >= 0.3 is 0 Å². The minimum absolute atomic E-state index is 0.0295. The van der Waals surface area contributed by atoms with Gasteiger partial charge in [-0.05, 0) is 35.7 Å². The zero-order valence-corrected chi connectivity index (χ0v) is 12.7. The first-order chi connectivity index (χ1) is 9.24. The van der Waals surface area contributed by atoms with Gasteiger partial charge in [-0.2, -0.15) is 0 Å². The topological polar surface area (TPSA) is 38.3 Å². The van der Waals surface area contributed by atoms with E-state index in [2.05, 4.69) is 21.2 Å². The van der Waals surface area contributed by atoms with E-state index in [-0.39, 0.29) is 5.91 Å². The standard InChI is InChI=1S/C14H14BrNO2S/c15-11-3-5-12(6-4-11)18-8-7-16-14(17)10-13-2-1-9-19-13/h1-6,9H,7-8,10H2,(H,16,17). The second-order valence-electron chi connectivity index (χ2n) is 3.91. The summed E-state index contributed by atoms with van der Waals surface area (Å²) in [6.07, 6.45) is 0.440. The number of carbonyl (C=O) groups is 1. The monoisotopic (exact) mass is 339 g/mol. The first-order valence-electron chi connectivity index (χ1n) is 5.91. The van der Waals surface area contributed by atoms with Gasteiger partial charge in [-0.3, -0.25) is 4.79 Å². The summed E-state index contributed by atoms with van der Waals surface area (Å²) in [5, 5.41) is 4.81. The first-order valence-corrected chi connectivity index (χ1v) is 7.59. The van der Waals surface area contributed by atoms with Crippen LogP contribution < -0.4 is 10.1 Å². The van der Waals surface area contributed by atoms with Crippen molar-refractivity contribution in [3.63, 3.8) is 0 Å². The number of benzene rings is 1. The van der Waals surface area contributed by atoms with Crippen molar-refractivity contribution < 1.29 is 9.53 Å². The second kappa shape index (κ2) is 7.31. The summed E-state index contributed by atoms with van der Waals surface area (Å²) in [6.45, 7) is 0.984. The van der Waals surface area contributed by atoms with Crippen LogP contribution in [0.3, 0.4) is 0 Å². The molecular weight excluding hydrogens is 326 g/mol. The van der Waals surface area contributed by atoms with Gasteiger partial charge < -0.3 is 10.1 Å². The summed E-state index contributed by atoms with van der Waals surface area (Å²) in [6, 6.07) is 11.5. The Bertz CT molecular complexity index is 511. The van der Waals surface area contributed by atoms with Crippen molar-refractivity contribution in [2.75, 3.05) is 13.2 Å². The third-order valence-electron chi connectivity index (χ3n) is 2.42. The van der Waals surface area contributed by atoms with Crippen molar-refractivity contribution in [1.82, 2.24) is 5.32 Å². The van der Waals surface area contributed by atoms with E-state index < -0.39 is 0 Å². The molecule has 0 bridgehead atoms. The molecule has 1 amide bonds. The number of halogens is 1. The van der Waals surface area contributed by atoms with Crippen LogP contribution in [0.4, 0.5) is 0 Å². The Hall–Kier alpha value is -1.33. The van der Waals surface area contributed by atoms with Crippen LogP contribution in [-0.2, 0) is 11.2 Å². The Labute approximate surface area is 124 Å². The molecule has 19 heavy (non-hydrogen) atoms. The lowest BCUT2D eigenvalue weighted by Gasteiger charge is -2.07. The average Bonchev–Trinajstić information content (AvgIpc) is 2.89. The van der Waals surface area contributed by atoms with E-state index in [1.54, 1.807) is 11.3 Å². The Morgan fingerprint density at radius 3 is 2.74 bits per heavy atom. The number of hydrogen-bond acceptors (Lipinski definition) is 3. The zero-order valence-electron chi connectivity index (χ0n) is 10.3. The molecule has 2 rings (SSSR count). The molecule has 0 saturated heterocycles. The molecule has 3 nitrogen and oxygen atoms in total. The summed E-state index contributed by atoms with van der Waals surface area (Å²) < 4.78 is 6.53. The van der Waals surface area contributed by atoms with Crippen LogP contribution in [0, 0.1) is 0 Å². The van der Waals surface area contributed by atoms with E-state index >= 15 is 0 Å². The van der Waals surface area contributed by atoms with Crippen LogP contribution in [0.2, 0.25) is 0 Å². The summed E-state index contributed by atoms with van der Waals surface area (Å²) in [5.74, 6) is 0.831. The predicted molar refractivity (Wildman–Crippen MR) is 80.7 cm³/mol. The zero-order chi connectivity index (χ0) is 13.5. The molecule has 0 aliphatic rings. The number of nitrogens with one attached hydrogen (secondary N) is 1. The van der Waals surface area contributed by atoms with E-state index in [0.717, 1.165) is 15.1 Å². The fraction of sp³-hybridized carbons (Fsp3) is 0.214. The number of hydrogen-bond donors (Lipinski definition) is 1. The van der Waals surface area contributed by atoms with Crippen LogP contribution in [0.25, 0.3) is 0 Å². The van der Waals surface area contributed by atoms with Gasteiger partial charge in [0.1, 0.15) is 12.4 Å². The largest absolute Gasteiger partial charge is 0.492 e. The number of rotatable bonds is 6. The van der Waals surface area contributed by atoms with Crippen molar-refractivity contribution in [1.29, 1.82) is 0 Å². The molecule has 1 heterocycles. The maximum Gasteiger partial charge on any atom is 0.225 e. The molecule has 0 atom stereocenters. The molecule has 0 unspecified atom stereocenters. The molecule has 0 radical (unpaired) electrons. The number of thiophene rings is 1. The first kappa shape index (κ1) is 14.1. The van der Waals surface area contributed by atoms with Crippen molar-refractivity contribution in [2.45, 2.75) is 6.42 Å². The summed E-state index contributed by atoms with van der Waals surface area (Å²) in [5.41, 5.74) is 0. The summed E-state index contributed by atoms with van der Waals surface area (Å²) in [7, 11) is 0. The Balaban J connectivity index is 1.64. The fourth-order valence-corrected chi connectivity index (χ4v) is 2.49. The smallest absolute Gasteiger partial charge is 0.225 e. The highest BCUT2D eigenvalue weighted by atomic mass is 79.9. The van der Waals surface area contributed by atoms with Crippen LogP contribution in [-0.4, -0.2) is 19.1 Å². The lowest BCUT2D eigenvalue weighted by Crippen LogP contribution is -2.29. The molecule has 0 aliphatic heterocycles. The highest BCUT2D eigenvalue weighted by Gasteiger charge is 2.03. The molecule has 100 valence electrons. The van der Waals surface area contributed by atoms with Gasteiger partial charge in [-0.25, -0.2) is 0 Å². The molecule has 0 aliphatic carbocycles. The van der Waals surface area contributed by atoms with Gasteiger partial charge in [-0.15, -0.1) is 11.3 Å². The van der Waals surface area contributed by atoms with Crippen LogP contribution in [0.15, 0.2) is 46.3 Å². The molecule has 0 saturated carbocycles. The van der Waals surface area contributed by atoms with Crippen LogP contribution in [0.5, 0.6) is 5.75 Å². The van der Waals surface area contributed by atoms with Gasteiger partial charge in [0.05, 0.1) is 13.0 Å². The van der Waals surface area contributed by atoms with Gasteiger partial charge in [0, 0.05) is 9.35 Å². The van der Waals surface area contributed by atoms with Crippen LogP contribution in [0.1, 0.15) is 4.88 Å². The van der Waals surface area contributed by atoms with Crippen molar-refractivity contribution in [3.8, 4) is 5.75 Å². The van der Waals surface area contributed by atoms with E-state index in [0.29, 0.717) is 19.6 Å². The third kappa shape index (κ3) is 5.04. The van der Waals surface area contributed by atoms with Crippen molar-refractivity contribution >= 4 is 33.2 Å². The third-order valence-corrected chi connectivity index (χ3v) is 3.83. The Kier molecular flexibility index (Phi) is 5.42. The number of ether oxygens (including phenoxy) is 1. The molecule has 5 heteroatoms. The molecule has 1 aromatic carbocycles. The van der Waals surface area contributed by atoms with Gasteiger partial charge in [0.25, 0.3) is 0 Å². The van der Waals surface area contributed by atoms with E-state index in [9.17, 15) is 4.79 Å². The van der Waals surface area contributed by atoms with Gasteiger partial charge in [0.2, 0.25) is 5.91 Å². The van der Waals surface area contributed by atoms with Gasteiger partial charge in [0.15, 0.2) is 0 Å². The maximum atomic E-state index is 11.6. The molecule has 1 N–H and O–H groups in total. The fourth-order valence-electron chi connectivity index (χ4n) is 1.52. The van der Waals surface area contributed by atoms with Gasteiger partial charge in [-0.1, -0.05) is 22.0 Å². The lowest BCUT2D eigenvalue weighted by atomic mass is 10.3. The SMILES string of the molecule is O=C(Cc1cccs1)NCCOc1ccc(Br)cc1. The predicted octanol–water partition coefficient (Wildman–Crippen LogP) is 3.25. The highest BCUT2D eigenvalue weighted by molar-refractivity contribution is 9.10. The minimum Gasteiger partial charge on any atom is -0.492 e. The maximum absolute atomic E-state index is 11.6. The summed E-state index contributed by atoms with van der Waals surface area (Å²) in [4.78, 5) is 12.7. The molecule has 1 aromatic heterocycles. The molecule has 0 fully saturated rings. The highest BCUT2D eigenvalue weighted by Crippen LogP contribution is 2.15. The molecule has 0 spiro atoms. The number of carbonyl (C=O) groups excluding carboxylic acids is 1. The summed E-state index contributed by atoms with van der Waals surface area (Å²) >= 11 is 4.96. The van der Waals surface area contributed by atoms with E-state index in [1.807, 2.05) is 41.8 Å². The lowest BCUT2D eigenvalue weighted by molar-refractivity contribution is -0.120. The second-order valence-corrected chi connectivity index (χ2v) is 5.86. The van der Waals surface area contributed by atoms with E-state index in [1.165, 1.54) is 0 Å². The average molecular weight is 340 g/mol. The normalized spacial score (nSPS) is 10.2. The van der Waals surface area contributed by atoms with Crippen molar-refractivity contribution in [3.05, 3.63) is 51.1 Å². The van der Waals surface area contributed by atoms with Crippen molar-refractivity contribution in [2.24, 2.45) is 0 Å². The number of amides is 1. The van der Waals surface area contributed by atoms with E-state index in [4.69, 9.17) is 4.74 Å². The Morgan fingerprint density at radius 1 is 1.26 bits per heavy atom. The molecule has 2 aromatic rings. The van der Waals surface area contributed by atoms with Crippen LogP contribution >= 0.6 is 27.3 Å². The Morgan fingerprint density at radius 2 is 2.05 bits per heavy atom. The quantitative estimate of drug-likeness (QED) is 0.820. The molecular formula is C14H14BrNO2S.